The number of allylic oxidation sites excluding steroid dienone is 6. The molecule has 76 heavy (non-hydrogen) atoms. The fourth-order valence-corrected chi connectivity index (χ4v) is 23.1. The smallest absolute Gasteiger partial charge is 0.240 e. The normalized spacial score (nSPS) is 45.8. The Morgan fingerprint density at radius 1 is 0.868 bits per heavy atom. The highest BCUT2D eigenvalue weighted by molar-refractivity contribution is 8.76. The second-order valence-electron chi connectivity index (χ2n) is 26.6. The molecule has 402 valence electrons. The highest BCUT2D eigenvalue weighted by Crippen LogP contribution is 2.81. The molecule has 0 amide bonds. The number of hydrogen-bond donors (Lipinski definition) is 8. The first-order valence-corrected chi connectivity index (χ1v) is 30.9. The van der Waals surface area contributed by atoms with Crippen molar-refractivity contribution in [2.24, 2.45) is 68.5 Å². The van der Waals surface area contributed by atoms with Crippen LogP contribution in [0, 0.1) is 68.5 Å². The van der Waals surface area contributed by atoms with Crippen LogP contribution >= 0.6 is 21.6 Å². The van der Waals surface area contributed by atoms with Crippen molar-refractivity contribution >= 4 is 39.4 Å². The van der Waals surface area contributed by atoms with Gasteiger partial charge in [0.25, 0.3) is 0 Å². The molecule has 0 radical (unpaired) electrons. The van der Waals surface area contributed by atoms with E-state index in [1.54, 1.807) is 30.4 Å². The van der Waals surface area contributed by atoms with Crippen molar-refractivity contribution in [1.82, 2.24) is 10.6 Å². The molecule has 6 saturated carbocycles. The summed E-state index contributed by atoms with van der Waals surface area (Å²) >= 11 is 0. The number of aliphatic hydroxyl groups is 6. The summed E-state index contributed by atoms with van der Waals surface area (Å²) in [4.78, 5) is 45.0. The predicted octanol–water partition coefficient (Wildman–Crippen LogP) is 7.56. The summed E-state index contributed by atoms with van der Waals surface area (Å²) in [5.74, 6) is -4.62. The SMILES string of the molecule is O=CC1CC2(CCC3(CCCC3)C2)CC12CC1CC3CC4C5CCC67Oc8cccc9c8C(=O)C8(CSSCNC%10=CC(=C3CN%10)C1(C2)C4C(O)(C6O)C(O)C5(CO)O7)C(O)=CC(Cc1cccc(CO)c1)=CC8C9=O. The average Bonchev–Trinajstić information content (AvgIpc) is 3.35. The lowest BCUT2D eigenvalue weighted by molar-refractivity contribution is -0.461. The molecule has 16 rings (SSSR count). The van der Waals surface area contributed by atoms with Crippen molar-refractivity contribution in [3.63, 3.8) is 0 Å². The van der Waals surface area contributed by atoms with Crippen molar-refractivity contribution in [1.29, 1.82) is 0 Å². The first kappa shape index (κ1) is 49.1. The van der Waals surface area contributed by atoms with Gasteiger partial charge in [0.1, 0.15) is 40.5 Å². The zero-order valence-electron chi connectivity index (χ0n) is 42.9. The van der Waals surface area contributed by atoms with Gasteiger partial charge in [0.05, 0.1) is 36.4 Å². The molecular weight excluding hydrogens is 1000 g/mol. The highest BCUT2D eigenvalue weighted by atomic mass is 33.1. The Hall–Kier alpha value is -3.93. The number of aliphatic hydroxyl groups excluding tert-OH is 5. The molecule has 16 unspecified atom stereocenters. The Bertz CT molecular complexity index is 3020. The quantitative estimate of drug-likeness (QED) is 0.107. The van der Waals surface area contributed by atoms with Crippen LogP contribution in [-0.2, 0) is 22.6 Å². The summed E-state index contributed by atoms with van der Waals surface area (Å²) in [6.45, 7) is -0.223. The van der Waals surface area contributed by atoms with E-state index in [-0.39, 0.29) is 81.7 Å². The summed E-state index contributed by atoms with van der Waals surface area (Å²) in [6, 6.07) is 12.3. The molecule has 10 aliphatic carbocycles. The van der Waals surface area contributed by atoms with Gasteiger partial charge in [0, 0.05) is 41.5 Å². The molecule has 6 spiro atoms. The second kappa shape index (κ2) is 16.6. The third kappa shape index (κ3) is 6.21. The zero-order valence-corrected chi connectivity index (χ0v) is 44.6. The van der Waals surface area contributed by atoms with Crippen LogP contribution in [0.2, 0.25) is 0 Å². The van der Waals surface area contributed by atoms with Gasteiger partial charge in [-0.25, -0.2) is 0 Å². The summed E-state index contributed by atoms with van der Waals surface area (Å²) in [5.41, 5.74) is -1.77. The molecule has 13 nitrogen and oxygen atoms in total. The average molecular weight is 1070 g/mol. The lowest BCUT2D eigenvalue weighted by atomic mass is 9.42. The number of dihydropyridines is 1. The summed E-state index contributed by atoms with van der Waals surface area (Å²) < 4.78 is 14.2. The van der Waals surface area contributed by atoms with Crippen molar-refractivity contribution < 1.29 is 54.5 Å². The Morgan fingerprint density at radius 3 is 2.50 bits per heavy atom. The number of carbonyl (C=O) groups excluding carboxylic acids is 3. The van der Waals surface area contributed by atoms with Crippen molar-refractivity contribution in [3.05, 3.63) is 111 Å². The standard InChI is InChI=1S/C61H70N2O11S2/c64-25-34-6-3-5-33(15-34)16-35-17-44-49(68)39-7-4-8-45-48(39)51(69)58(44,46(67)18-35)31-75-76-32-63-47-21-43-41(24-62-47)36-19-37-23-56(28-55(22-38(56)26-65)14-13-54(27-55)10-1-2-11-54)29-57(37,43)50-40(20-36)42-9-12-60(73-45)53(71)61(50,72)52(70)59(42,30-66)74-60/h3-8,15,17-18,21,26,36-38,40,42,44,50,52-53,62-64,66-67,70-72H,1-2,9-14,16,19-20,22-25,27-32H2. The van der Waals surface area contributed by atoms with E-state index in [9.17, 15) is 35.4 Å². The molecule has 4 aliphatic heterocycles. The van der Waals surface area contributed by atoms with E-state index in [0.29, 0.717) is 49.1 Å². The van der Waals surface area contributed by atoms with Crippen LogP contribution in [0.15, 0.2) is 89.0 Å². The topological polar surface area (TPSA) is 215 Å². The third-order valence-electron chi connectivity index (χ3n) is 23.4. The molecule has 8 N–H and O–H groups in total. The van der Waals surface area contributed by atoms with Crippen LogP contribution in [0.5, 0.6) is 5.75 Å². The minimum absolute atomic E-state index is 0.0277. The molecule has 2 saturated heterocycles. The molecular formula is C61H70N2O11S2. The zero-order chi connectivity index (χ0) is 52.0. The molecule has 14 aliphatic rings. The van der Waals surface area contributed by atoms with Gasteiger partial charge in [-0.3, -0.25) is 9.59 Å². The minimum Gasteiger partial charge on any atom is -0.511 e. The third-order valence-corrected chi connectivity index (χ3v) is 25.6. The van der Waals surface area contributed by atoms with Crippen LogP contribution in [0.1, 0.15) is 128 Å². The van der Waals surface area contributed by atoms with Crippen LogP contribution in [-0.4, -0.2) is 102 Å². The van der Waals surface area contributed by atoms with E-state index in [0.717, 1.165) is 54.6 Å². The Kier molecular flexibility index (Phi) is 10.7. The highest BCUT2D eigenvalue weighted by Gasteiger charge is 2.84. The molecule has 8 fully saturated rings. The number of ketones is 2. The van der Waals surface area contributed by atoms with E-state index in [2.05, 4.69) is 16.7 Å². The molecule has 16 atom stereocenters. The number of ether oxygens (including phenoxy) is 2. The van der Waals surface area contributed by atoms with Gasteiger partial charge in [-0.1, -0.05) is 76.9 Å². The summed E-state index contributed by atoms with van der Waals surface area (Å²) in [6.07, 6.45) is 17.6. The van der Waals surface area contributed by atoms with E-state index in [1.165, 1.54) is 72.0 Å². The second-order valence-corrected chi connectivity index (χ2v) is 29.0. The first-order chi connectivity index (χ1) is 36.6. The molecule has 2 aromatic rings. The Morgan fingerprint density at radius 2 is 1.68 bits per heavy atom. The Balaban J connectivity index is 0.886. The number of aldehydes is 1. The maximum Gasteiger partial charge on any atom is 0.240 e. The fourth-order valence-electron chi connectivity index (χ4n) is 20.9. The minimum atomic E-state index is -2.31. The largest absolute Gasteiger partial charge is 0.511 e. The summed E-state index contributed by atoms with van der Waals surface area (Å²) in [5, 5.41) is 82.9. The van der Waals surface area contributed by atoms with Crippen LogP contribution in [0.3, 0.4) is 0 Å². The van der Waals surface area contributed by atoms with Crippen LogP contribution < -0.4 is 15.4 Å². The van der Waals surface area contributed by atoms with E-state index >= 15 is 9.59 Å². The van der Waals surface area contributed by atoms with E-state index in [4.69, 9.17) is 9.47 Å². The van der Waals surface area contributed by atoms with Crippen molar-refractivity contribution in [3.8, 4) is 5.75 Å². The van der Waals surface area contributed by atoms with Gasteiger partial charge in [-0.2, -0.15) is 0 Å². The number of rotatable bonds is 5. The molecule has 15 heteroatoms. The maximum atomic E-state index is 15.9. The summed E-state index contributed by atoms with van der Waals surface area (Å²) in [7, 11) is 2.88. The van der Waals surface area contributed by atoms with E-state index in [1.807, 2.05) is 24.3 Å². The molecule has 10 bridgehead atoms. The fraction of sp³-hybridized carbons (Fsp3) is 0.623. The lowest BCUT2D eigenvalue weighted by Gasteiger charge is -2.72. The van der Waals surface area contributed by atoms with Crippen LogP contribution in [0.4, 0.5) is 0 Å². The number of hydrogen-bond acceptors (Lipinski definition) is 15. The van der Waals surface area contributed by atoms with Crippen LogP contribution in [0.25, 0.3) is 0 Å². The first-order valence-electron chi connectivity index (χ1n) is 28.4. The van der Waals surface area contributed by atoms with Gasteiger partial charge < -0.3 is 55.5 Å². The number of benzene rings is 2. The van der Waals surface area contributed by atoms with Gasteiger partial charge >= 0.3 is 0 Å². The predicted molar refractivity (Wildman–Crippen MR) is 284 cm³/mol. The molecule has 2 aromatic carbocycles. The molecule has 4 heterocycles. The van der Waals surface area contributed by atoms with Gasteiger partial charge in [-0.15, -0.1) is 0 Å². The molecule has 0 aromatic heterocycles. The number of carbonyl (C=O) groups is 3. The van der Waals surface area contributed by atoms with Gasteiger partial charge in [-0.05, 0) is 169 Å². The maximum absolute atomic E-state index is 15.9. The van der Waals surface area contributed by atoms with E-state index < -0.39 is 70.2 Å². The van der Waals surface area contributed by atoms with Gasteiger partial charge in [0.2, 0.25) is 5.79 Å². The van der Waals surface area contributed by atoms with Crippen molar-refractivity contribution in [2.45, 2.75) is 139 Å². The monoisotopic (exact) mass is 1070 g/mol. The van der Waals surface area contributed by atoms with Gasteiger partial charge in [0.15, 0.2) is 17.7 Å². The lowest BCUT2D eigenvalue weighted by Crippen LogP contribution is -2.88. The number of Topliss-reactive ketones (excluding diaryl/α,β-unsaturated/α-hetero) is 2. The number of nitrogens with one attached hydrogen (secondary N) is 2. The van der Waals surface area contributed by atoms with Crippen molar-refractivity contribution in [2.75, 3.05) is 24.8 Å². The Labute approximate surface area is 451 Å².